The van der Waals surface area contributed by atoms with Crippen molar-refractivity contribution in [2.24, 2.45) is 0 Å². The fourth-order valence-electron chi connectivity index (χ4n) is 4.59. The van der Waals surface area contributed by atoms with E-state index in [4.69, 9.17) is 16.0 Å². The monoisotopic (exact) mass is 553 g/mol. The highest BCUT2D eigenvalue weighted by Crippen LogP contribution is 2.35. The van der Waals surface area contributed by atoms with Crippen LogP contribution < -0.4 is 4.90 Å². The molecule has 0 atom stereocenters. The van der Waals surface area contributed by atoms with Gasteiger partial charge in [0.1, 0.15) is 0 Å². The second-order valence-electron chi connectivity index (χ2n) is 9.98. The lowest BCUT2D eigenvalue weighted by atomic mass is 10.1. The van der Waals surface area contributed by atoms with Crippen LogP contribution in [-0.4, -0.2) is 10.2 Å². The van der Waals surface area contributed by atoms with Gasteiger partial charge in [-0.3, -0.25) is 0 Å². The third-order valence-electron chi connectivity index (χ3n) is 6.85. The van der Waals surface area contributed by atoms with E-state index < -0.39 is 0 Å². The predicted molar refractivity (Wildman–Crippen MR) is 170 cm³/mol. The predicted octanol–water partition coefficient (Wildman–Crippen LogP) is 10.3. The molecular formula is C36H28ClN3O. The van der Waals surface area contributed by atoms with E-state index in [0.717, 1.165) is 39.3 Å². The van der Waals surface area contributed by atoms with E-state index in [1.807, 2.05) is 30.3 Å². The van der Waals surface area contributed by atoms with Crippen LogP contribution in [0, 0.1) is 13.8 Å². The van der Waals surface area contributed by atoms with Gasteiger partial charge in [0.25, 0.3) is 0 Å². The van der Waals surface area contributed by atoms with Crippen LogP contribution in [0.1, 0.15) is 22.3 Å². The van der Waals surface area contributed by atoms with Gasteiger partial charge in [-0.2, -0.15) is 0 Å². The molecule has 0 spiro atoms. The average molecular weight is 554 g/mol. The summed E-state index contributed by atoms with van der Waals surface area (Å²) < 4.78 is 5.94. The summed E-state index contributed by atoms with van der Waals surface area (Å²) in [6, 6.07) is 41.3. The van der Waals surface area contributed by atoms with Crippen LogP contribution in [0.15, 0.2) is 126 Å². The van der Waals surface area contributed by atoms with E-state index in [-0.39, 0.29) is 0 Å². The fourth-order valence-corrected chi connectivity index (χ4v) is 4.71. The van der Waals surface area contributed by atoms with E-state index in [1.165, 1.54) is 11.1 Å². The largest absolute Gasteiger partial charge is 0.416 e. The van der Waals surface area contributed by atoms with Crippen LogP contribution in [0.3, 0.4) is 0 Å². The van der Waals surface area contributed by atoms with Gasteiger partial charge in [0, 0.05) is 33.2 Å². The minimum Gasteiger partial charge on any atom is -0.416 e. The molecule has 41 heavy (non-hydrogen) atoms. The first kappa shape index (κ1) is 26.3. The lowest BCUT2D eigenvalue weighted by Crippen LogP contribution is -2.09. The zero-order valence-corrected chi connectivity index (χ0v) is 23.6. The Morgan fingerprint density at radius 2 is 1.07 bits per heavy atom. The molecule has 6 rings (SSSR count). The molecule has 0 N–H and O–H groups in total. The summed E-state index contributed by atoms with van der Waals surface area (Å²) in [7, 11) is 0. The summed E-state index contributed by atoms with van der Waals surface area (Å²) in [6.07, 6.45) is 4.20. The maximum atomic E-state index is 6.00. The van der Waals surface area contributed by atoms with Crippen molar-refractivity contribution in [3.8, 4) is 22.9 Å². The molecule has 0 fully saturated rings. The molecule has 1 aromatic heterocycles. The lowest BCUT2D eigenvalue weighted by Gasteiger charge is -2.25. The summed E-state index contributed by atoms with van der Waals surface area (Å²) in [5.41, 5.74) is 9.67. The highest BCUT2D eigenvalue weighted by molar-refractivity contribution is 6.30. The number of halogens is 1. The highest BCUT2D eigenvalue weighted by Gasteiger charge is 2.13. The van der Waals surface area contributed by atoms with Crippen LogP contribution >= 0.6 is 11.6 Å². The first-order valence-electron chi connectivity index (χ1n) is 13.4. The van der Waals surface area contributed by atoms with Crippen molar-refractivity contribution in [3.63, 3.8) is 0 Å². The zero-order valence-electron chi connectivity index (χ0n) is 22.8. The number of anilines is 3. The summed E-state index contributed by atoms with van der Waals surface area (Å²) in [6.45, 7) is 4.22. The van der Waals surface area contributed by atoms with E-state index in [0.29, 0.717) is 16.8 Å². The van der Waals surface area contributed by atoms with Gasteiger partial charge in [-0.1, -0.05) is 83.4 Å². The van der Waals surface area contributed by atoms with Crippen molar-refractivity contribution in [1.29, 1.82) is 0 Å². The van der Waals surface area contributed by atoms with Gasteiger partial charge in [0.05, 0.1) is 0 Å². The molecule has 4 nitrogen and oxygen atoms in total. The second kappa shape index (κ2) is 11.7. The minimum atomic E-state index is 0.461. The Labute approximate surface area is 245 Å². The molecule has 6 aromatic rings. The number of benzene rings is 5. The Hall–Kier alpha value is -4.93. The van der Waals surface area contributed by atoms with Crippen molar-refractivity contribution in [3.05, 3.63) is 149 Å². The minimum absolute atomic E-state index is 0.461. The van der Waals surface area contributed by atoms with Crippen LogP contribution in [0.5, 0.6) is 0 Å². The topological polar surface area (TPSA) is 42.2 Å². The van der Waals surface area contributed by atoms with Crippen molar-refractivity contribution in [2.75, 3.05) is 4.90 Å². The van der Waals surface area contributed by atoms with Crippen molar-refractivity contribution < 1.29 is 4.42 Å². The molecule has 1 heterocycles. The normalized spacial score (nSPS) is 11.2. The van der Waals surface area contributed by atoms with Crippen LogP contribution in [-0.2, 0) is 0 Å². The number of rotatable bonds is 7. The maximum absolute atomic E-state index is 6.00. The Bertz CT molecular complexity index is 1740. The molecule has 200 valence electrons. The Kier molecular flexibility index (Phi) is 7.48. The van der Waals surface area contributed by atoms with Gasteiger partial charge in [-0.25, -0.2) is 0 Å². The van der Waals surface area contributed by atoms with E-state index in [2.05, 4.69) is 120 Å². The molecule has 0 saturated heterocycles. The molecule has 0 unspecified atom stereocenters. The maximum Gasteiger partial charge on any atom is 0.248 e. The SMILES string of the molecule is Cc1ccc(N(c2ccc(C)cc2)c2ccc(/C=C/c3cccc(-c4nnc(-c5ccc(Cl)cc5)o4)c3)cc2)cc1. The standard InChI is InChI=1S/C36H28ClN3O/c1-25-6-18-32(19-7-25)40(33-20-8-26(2)9-21-33)34-22-12-27(13-23-34)10-11-28-4-3-5-30(24-28)36-39-38-35(41-36)29-14-16-31(37)17-15-29/h3-24H,1-2H3/b11-10+. The molecule has 0 radical (unpaired) electrons. The molecule has 0 amide bonds. The summed E-state index contributed by atoms with van der Waals surface area (Å²) in [5.74, 6) is 0.935. The fraction of sp³-hybridized carbons (Fsp3) is 0.0556. The molecular weight excluding hydrogens is 526 g/mol. The van der Waals surface area contributed by atoms with Gasteiger partial charge >= 0.3 is 0 Å². The van der Waals surface area contributed by atoms with Gasteiger partial charge in [0.15, 0.2) is 0 Å². The van der Waals surface area contributed by atoms with Gasteiger partial charge in [-0.05, 0) is 97.8 Å². The first-order valence-corrected chi connectivity index (χ1v) is 13.8. The molecule has 0 aliphatic heterocycles. The second-order valence-corrected chi connectivity index (χ2v) is 10.4. The van der Waals surface area contributed by atoms with E-state index >= 15 is 0 Å². The molecule has 0 aliphatic carbocycles. The van der Waals surface area contributed by atoms with Crippen molar-refractivity contribution in [2.45, 2.75) is 13.8 Å². The van der Waals surface area contributed by atoms with E-state index in [9.17, 15) is 0 Å². The van der Waals surface area contributed by atoms with E-state index in [1.54, 1.807) is 12.1 Å². The molecule has 5 aromatic carbocycles. The number of aryl methyl sites for hydroxylation is 2. The summed E-state index contributed by atoms with van der Waals surface area (Å²) in [4.78, 5) is 2.28. The number of hydrogen-bond donors (Lipinski definition) is 0. The summed E-state index contributed by atoms with van der Waals surface area (Å²) >= 11 is 6.00. The van der Waals surface area contributed by atoms with Crippen molar-refractivity contribution >= 4 is 40.8 Å². The quantitative estimate of drug-likeness (QED) is 0.184. The third kappa shape index (κ3) is 6.13. The van der Waals surface area contributed by atoms with Gasteiger partial charge in [-0.15, -0.1) is 10.2 Å². The Morgan fingerprint density at radius 3 is 1.66 bits per heavy atom. The number of hydrogen-bond acceptors (Lipinski definition) is 4. The summed E-state index contributed by atoms with van der Waals surface area (Å²) in [5, 5.41) is 9.12. The van der Waals surface area contributed by atoms with Gasteiger partial charge < -0.3 is 9.32 Å². The molecule has 0 aliphatic rings. The van der Waals surface area contributed by atoms with Crippen LogP contribution in [0.2, 0.25) is 5.02 Å². The molecule has 5 heteroatoms. The lowest BCUT2D eigenvalue weighted by molar-refractivity contribution is 0.584. The first-order chi connectivity index (χ1) is 20.0. The number of aromatic nitrogens is 2. The third-order valence-corrected chi connectivity index (χ3v) is 7.11. The zero-order chi connectivity index (χ0) is 28.2. The Balaban J connectivity index is 1.22. The molecule has 0 bridgehead atoms. The van der Waals surface area contributed by atoms with Crippen molar-refractivity contribution in [1.82, 2.24) is 10.2 Å². The van der Waals surface area contributed by atoms with Crippen LogP contribution in [0.25, 0.3) is 35.1 Å². The molecule has 0 saturated carbocycles. The Morgan fingerprint density at radius 1 is 0.561 bits per heavy atom. The van der Waals surface area contributed by atoms with Gasteiger partial charge in [0.2, 0.25) is 11.8 Å². The smallest absolute Gasteiger partial charge is 0.248 e. The number of nitrogens with zero attached hydrogens (tertiary/aromatic N) is 3. The average Bonchev–Trinajstić information content (AvgIpc) is 3.50. The van der Waals surface area contributed by atoms with Crippen LogP contribution in [0.4, 0.5) is 17.1 Å². The highest BCUT2D eigenvalue weighted by atomic mass is 35.5.